The van der Waals surface area contributed by atoms with Gasteiger partial charge in [-0.25, -0.2) is 0 Å². The van der Waals surface area contributed by atoms with Gasteiger partial charge in [-0.05, 0) is 49.1 Å². The highest BCUT2D eigenvalue weighted by Crippen LogP contribution is 2.54. The molecule has 1 N–H and O–H groups in total. The highest BCUT2D eigenvalue weighted by atomic mass is 31.1. The molecule has 1 heterocycles. The van der Waals surface area contributed by atoms with Gasteiger partial charge in [-0.15, -0.1) is 0 Å². The SMILES string of the molecule is c1c[nH]c(P(C2CCCCC2)C2CCCCC2)c1. The van der Waals surface area contributed by atoms with E-state index < -0.39 is 0 Å². The Kier molecular flexibility index (Phi) is 4.41. The Morgan fingerprint density at radius 1 is 0.833 bits per heavy atom. The second kappa shape index (κ2) is 6.24. The van der Waals surface area contributed by atoms with Gasteiger partial charge in [0, 0.05) is 11.6 Å². The van der Waals surface area contributed by atoms with E-state index in [0.717, 1.165) is 11.3 Å². The minimum absolute atomic E-state index is 0.0894. The standard InChI is InChI=1S/C16H26NP/c1-3-8-14(9-4-1)18(16-12-7-13-17-16)15-10-5-2-6-11-15/h7,12-15,17H,1-6,8-11H2. The molecule has 0 amide bonds. The molecule has 0 saturated heterocycles. The summed E-state index contributed by atoms with van der Waals surface area (Å²) in [6, 6.07) is 4.57. The smallest absolute Gasteiger partial charge is 0.0389 e. The van der Waals surface area contributed by atoms with Crippen molar-refractivity contribution in [3.8, 4) is 0 Å². The Hall–Kier alpha value is -0.290. The van der Waals surface area contributed by atoms with Crippen LogP contribution in [0, 0.1) is 0 Å². The summed E-state index contributed by atoms with van der Waals surface area (Å²) in [5, 5.41) is 0. The van der Waals surface area contributed by atoms with Crippen LogP contribution in [-0.4, -0.2) is 16.3 Å². The first-order valence-corrected chi connectivity index (χ1v) is 9.35. The van der Waals surface area contributed by atoms with Crippen LogP contribution in [0.25, 0.3) is 0 Å². The molecule has 0 spiro atoms. The molecule has 0 unspecified atom stereocenters. The molecule has 3 rings (SSSR count). The van der Waals surface area contributed by atoms with Gasteiger partial charge in [-0.3, -0.25) is 0 Å². The van der Waals surface area contributed by atoms with Crippen molar-refractivity contribution in [3.63, 3.8) is 0 Å². The Bertz CT molecular complexity index is 316. The Morgan fingerprint density at radius 3 is 1.83 bits per heavy atom. The van der Waals surface area contributed by atoms with Crippen LogP contribution in [0.4, 0.5) is 0 Å². The van der Waals surface area contributed by atoms with Crippen molar-refractivity contribution in [1.82, 2.24) is 4.98 Å². The van der Waals surface area contributed by atoms with Crippen LogP contribution in [0.2, 0.25) is 0 Å². The summed E-state index contributed by atoms with van der Waals surface area (Å²) in [5.41, 5.74) is 3.65. The fraction of sp³-hybridized carbons (Fsp3) is 0.750. The van der Waals surface area contributed by atoms with Crippen LogP contribution in [0.3, 0.4) is 0 Å². The molecule has 0 atom stereocenters. The molecule has 0 aromatic carbocycles. The van der Waals surface area contributed by atoms with Crippen LogP contribution in [-0.2, 0) is 0 Å². The number of aromatic nitrogens is 1. The zero-order chi connectivity index (χ0) is 12.2. The molecule has 1 aromatic heterocycles. The average Bonchev–Trinajstić information content (AvgIpc) is 2.95. The lowest BCUT2D eigenvalue weighted by molar-refractivity contribution is 0.486. The van der Waals surface area contributed by atoms with Gasteiger partial charge in [-0.1, -0.05) is 46.4 Å². The molecule has 2 aliphatic rings. The summed E-state index contributed by atoms with van der Waals surface area (Å²) in [7, 11) is 0.0894. The van der Waals surface area contributed by atoms with Crippen molar-refractivity contribution in [2.45, 2.75) is 75.5 Å². The third-order valence-corrected chi connectivity index (χ3v) is 8.24. The van der Waals surface area contributed by atoms with Crippen LogP contribution in [0.15, 0.2) is 18.3 Å². The number of nitrogens with one attached hydrogen (secondary N) is 1. The molecule has 0 bridgehead atoms. The lowest BCUT2D eigenvalue weighted by atomic mass is 9.99. The summed E-state index contributed by atoms with van der Waals surface area (Å²) >= 11 is 0. The van der Waals surface area contributed by atoms with E-state index in [-0.39, 0.29) is 7.92 Å². The summed E-state index contributed by atoms with van der Waals surface area (Å²) in [5.74, 6) is 0. The second-order valence-electron chi connectivity index (χ2n) is 6.05. The lowest BCUT2D eigenvalue weighted by Gasteiger charge is -2.37. The topological polar surface area (TPSA) is 15.8 Å². The predicted molar refractivity (Wildman–Crippen MR) is 81.1 cm³/mol. The van der Waals surface area contributed by atoms with Crippen molar-refractivity contribution >= 4 is 13.4 Å². The Labute approximate surface area is 113 Å². The summed E-state index contributed by atoms with van der Waals surface area (Å²) < 4.78 is 0. The minimum atomic E-state index is 0.0894. The monoisotopic (exact) mass is 263 g/mol. The van der Waals surface area contributed by atoms with Crippen LogP contribution < -0.4 is 5.44 Å². The van der Waals surface area contributed by atoms with Gasteiger partial charge in [0.05, 0.1) is 0 Å². The number of aromatic amines is 1. The minimum Gasteiger partial charge on any atom is -0.361 e. The molecule has 2 saturated carbocycles. The van der Waals surface area contributed by atoms with Crippen molar-refractivity contribution in [1.29, 1.82) is 0 Å². The maximum Gasteiger partial charge on any atom is 0.0389 e. The van der Waals surface area contributed by atoms with E-state index in [1.165, 1.54) is 64.2 Å². The third-order valence-electron chi connectivity index (χ3n) is 4.80. The maximum absolute atomic E-state index is 3.56. The maximum atomic E-state index is 3.56. The van der Waals surface area contributed by atoms with Gasteiger partial charge in [0.25, 0.3) is 0 Å². The first-order chi connectivity index (χ1) is 8.95. The lowest BCUT2D eigenvalue weighted by Crippen LogP contribution is -2.26. The second-order valence-corrected chi connectivity index (χ2v) is 8.80. The van der Waals surface area contributed by atoms with Crippen LogP contribution in [0.5, 0.6) is 0 Å². The summed E-state index contributed by atoms with van der Waals surface area (Å²) in [6.45, 7) is 0. The molecular formula is C16H26NP. The highest BCUT2D eigenvalue weighted by Gasteiger charge is 2.32. The first-order valence-electron chi connectivity index (χ1n) is 7.87. The van der Waals surface area contributed by atoms with E-state index in [0.29, 0.717) is 0 Å². The van der Waals surface area contributed by atoms with Crippen molar-refractivity contribution in [3.05, 3.63) is 18.3 Å². The first kappa shape index (κ1) is 12.7. The van der Waals surface area contributed by atoms with E-state index >= 15 is 0 Å². The molecule has 2 fully saturated rings. The number of hydrogen-bond acceptors (Lipinski definition) is 0. The van der Waals surface area contributed by atoms with E-state index in [2.05, 4.69) is 23.3 Å². The molecule has 0 radical (unpaired) electrons. The van der Waals surface area contributed by atoms with Gasteiger partial charge >= 0.3 is 0 Å². The van der Waals surface area contributed by atoms with Crippen molar-refractivity contribution in [2.24, 2.45) is 0 Å². The molecule has 0 aliphatic heterocycles. The van der Waals surface area contributed by atoms with Crippen molar-refractivity contribution in [2.75, 3.05) is 0 Å². The Balaban J connectivity index is 1.78. The molecule has 18 heavy (non-hydrogen) atoms. The molecule has 100 valence electrons. The van der Waals surface area contributed by atoms with Crippen LogP contribution in [0.1, 0.15) is 64.2 Å². The van der Waals surface area contributed by atoms with E-state index in [1.54, 1.807) is 5.44 Å². The average molecular weight is 263 g/mol. The largest absolute Gasteiger partial charge is 0.361 e. The van der Waals surface area contributed by atoms with Crippen molar-refractivity contribution < 1.29 is 0 Å². The number of hydrogen-bond donors (Lipinski definition) is 1. The molecule has 2 aliphatic carbocycles. The van der Waals surface area contributed by atoms with Gasteiger partial charge in [0.2, 0.25) is 0 Å². The Morgan fingerprint density at radius 2 is 1.39 bits per heavy atom. The molecule has 1 nitrogen and oxygen atoms in total. The fourth-order valence-electron chi connectivity index (χ4n) is 3.89. The quantitative estimate of drug-likeness (QED) is 0.755. The zero-order valence-electron chi connectivity index (χ0n) is 11.4. The van der Waals surface area contributed by atoms with Gasteiger partial charge in [-0.2, -0.15) is 0 Å². The van der Waals surface area contributed by atoms with Gasteiger partial charge in [0.15, 0.2) is 0 Å². The van der Waals surface area contributed by atoms with Gasteiger partial charge < -0.3 is 4.98 Å². The molecule has 2 heteroatoms. The number of rotatable bonds is 3. The molecular weight excluding hydrogens is 237 g/mol. The van der Waals surface area contributed by atoms with Crippen LogP contribution >= 0.6 is 7.92 Å². The van der Waals surface area contributed by atoms with E-state index in [9.17, 15) is 0 Å². The van der Waals surface area contributed by atoms with E-state index in [1.807, 2.05) is 0 Å². The predicted octanol–water partition coefficient (Wildman–Crippen LogP) is 4.79. The number of H-pyrrole nitrogens is 1. The molecule has 1 aromatic rings. The van der Waals surface area contributed by atoms with Gasteiger partial charge in [0.1, 0.15) is 0 Å². The summed E-state index contributed by atoms with van der Waals surface area (Å²) in [4.78, 5) is 3.56. The highest BCUT2D eigenvalue weighted by molar-refractivity contribution is 7.66. The fourth-order valence-corrected chi connectivity index (χ4v) is 7.60. The van der Waals surface area contributed by atoms with E-state index in [4.69, 9.17) is 0 Å². The summed E-state index contributed by atoms with van der Waals surface area (Å²) in [6.07, 6.45) is 17.0. The third kappa shape index (κ3) is 2.82. The zero-order valence-corrected chi connectivity index (χ0v) is 12.3. The normalized spacial score (nSPS) is 23.6.